The van der Waals surface area contributed by atoms with E-state index in [0.29, 0.717) is 6.10 Å². The monoisotopic (exact) mass is 183 g/mol. The van der Waals surface area contributed by atoms with Gasteiger partial charge < -0.3 is 10.1 Å². The summed E-state index contributed by atoms with van der Waals surface area (Å²) in [7, 11) is 0. The van der Waals surface area contributed by atoms with Crippen molar-refractivity contribution in [2.75, 3.05) is 19.7 Å². The Bertz CT molecular complexity index is 163. The van der Waals surface area contributed by atoms with Crippen molar-refractivity contribution in [3.63, 3.8) is 0 Å². The average molecular weight is 183 g/mol. The summed E-state index contributed by atoms with van der Waals surface area (Å²) in [5.74, 6) is 2.41. The van der Waals surface area contributed by atoms with Gasteiger partial charge >= 0.3 is 0 Å². The second kappa shape index (κ2) is 3.97. The first-order valence-corrected chi connectivity index (χ1v) is 5.61. The van der Waals surface area contributed by atoms with Crippen molar-refractivity contribution in [3.8, 4) is 0 Å². The second-order valence-corrected chi connectivity index (χ2v) is 4.78. The molecule has 2 aliphatic heterocycles. The van der Waals surface area contributed by atoms with E-state index < -0.39 is 0 Å². The highest BCUT2D eigenvalue weighted by Crippen LogP contribution is 2.32. The highest BCUT2D eigenvalue weighted by atomic mass is 16.5. The molecule has 2 nitrogen and oxygen atoms in total. The van der Waals surface area contributed by atoms with Crippen LogP contribution in [0.2, 0.25) is 0 Å². The molecular weight excluding hydrogens is 162 g/mol. The van der Waals surface area contributed by atoms with E-state index in [1.165, 1.54) is 25.9 Å². The van der Waals surface area contributed by atoms with Gasteiger partial charge in [-0.1, -0.05) is 13.8 Å². The predicted octanol–water partition coefficient (Wildman–Crippen LogP) is 1.66. The van der Waals surface area contributed by atoms with E-state index in [-0.39, 0.29) is 0 Å². The fourth-order valence-corrected chi connectivity index (χ4v) is 2.80. The van der Waals surface area contributed by atoms with Crippen LogP contribution in [0.3, 0.4) is 0 Å². The summed E-state index contributed by atoms with van der Waals surface area (Å²) in [4.78, 5) is 0. The Morgan fingerprint density at radius 2 is 2.15 bits per heavy atom. The van der Waals surface area contributed by atoms with E-state index >= 15 is 0 Å². The van der Waals surface area contributed by atoms with E-state index in [0.717, 1.165) is 24.4 Å². The summed E-state index contributed by atoms with van der Waals surface area (Å²) in [6.45, 7) is 8.03. The molecular formula is C11H21NO. The number of nitrogens with one attached hydrogen (secondary N) is 1. The van der Waals surface area contributed by atoms with Crippen LogP contribution in [0.4, 0.5) is 0 Å². The Morgan fingerprint density at radius 1 is 1.31 bits per heavy atom. The third-order valence-corrected chi connectivity index (χ3v) is 3.61. The molecule has 2 rings (SSSR count). The Morgan fingerprint density at radius 3 is 2.77 bits per heavy atom. The molecule has 3 unspecified atom stereocenters. The van der Waals surface area contributed by atoms with E-state index in [1.807, 2.05) is 0 Å². The minimum atomic E-state index is 0.558. The lowest BCUT2D eigenvalue weighted by atomic mass is 9.82. The Hall–Kier alpha value is -0.0800. The first kappa shape index (κ1) is 9.47. The minimum absolute atomic E-state index is 0.558. The van der Waals surface area contributed by atoms with Gasteiger partial charge in [-0.15, -0.1) is 0 Å². The smallest absolute Gasteiger partial charge is 0.0619 e. The molecule has 0 aliphatic carbocycles. The molecule has 2 saturated heterocycles. The van der Waals surface area contributed by atoms with Gasteiger partial charge in [0.15, 0.2) is 0 Å². The van der Waals surface area contributed by atoms with Gasteiger partial charge in [-0.2, -0.15) is 0 Å². The standard InChI is InChI=1S/C11H21NO/c1-8(2)9-6-12-7-10(9)11-4-3-5-13-11/h8-12H,3-7H2,1-2H3. The SMILES string of the molecule is CC(C)C1CNCC1C1CCCO1. The van der Waals surface area contributed by atoms with Crippen molar-refractivity contribution in [3.05, 3.63) is 0 Å². The van der Waals surface area contributed by atoms with Gasteiger partial charge in [-0.25, -0.2) is 0 Å². The maximum Gasteiger partial charge on any atom is 0.0619 e. The molecule has 3 atom stereocenters. The summed E-state index contributed by atoms with van der Waals surface area (Å²) in [5, 5.41) is 3.50. The Balaban J connectivity index is 1.96. The van der Waals surface area contributed by atoms with Crippen molar-refractivity contribution in [1.82, 2.24) is 5.32 Å². The summed E-state index contributed by atoms with van der Waals surface area (Å²) >= 11 is 0. The van der Waals surface area contributed by atoms with Crippen LogP contribution >= 0.6 is 0 Å². The van der Waals surface area contributed by atoms with Crippen LogP contribution in [-0.4, -0.2) is 25.8 Å². The average Bonchev–Trinajstić information content (AvgIpc) is 2.74. The first-order chi connectivity index (χ1) is 6.29. The van der Waals surface area contributed by atoms with Crippen molar-refractivity contribution < 1.29 is 4.74 Å². The molecule has 0 saturated carbocycles. The van der Waals surface area contributed by atoms with Crippen molar-refractivity contribution in [2.24, 2.45) is 17.8 Å². The van der Waals surface area contributed by atoms with Gasteiger partial charge in [0.05, 0.1) is 6.10 Å². The van der Waals surface area contributed by atoms with Crippen molar-refractivity contribution in [1.29, 1.82) is 0 Å². The molecule has 2 heterocycles. The van der Waals surface area contributed by atoms with Gasteiger partial charge in [0.1, 0.15) is 0 Å². The lowest BCUT2D eigenvalue weighted by molar-refractivity contribution is 0.0455. The molecule has 2 fully saturated rings. The van der Waals surface area contributed by atoms with Crippen molar-refractivity contribution >= 4 is 0 Å². The van der Waals surface area contributed by atoms with Crippen LogP contribution in [0.15, 0.2) is 0 Å². The lowest BCUT2D eigenvalue weighted by Gasteiger charge is -2.26. The molecule has 2 aliphatic rings. The molecule has 0 aromatic rings. The van der Waals surface area contributed by atoms with Gasteiger partial charge in [-0.05, 0) is 31.2 Å². The molecule has 0 aromatic carbocycles. The third-order valence-electron chi connectivity index (χ3n) is 3.61. The lowest BCUT2D eigenvalue weighted by Crippen LogP contribution is -2.29. The number of hydrogen-bond acceptors (Lipinski definition) is 2. The fourth-order valence-electron chi connectivity index (χ4n) is 2.80. The largest absolute Gasteiger partial charge is 0.378 e. The normalized spacial score (nSPS) is 40.4. The zero-order chi connectivity index (χ0) is 9.26. The van der Waals surface area contributed by atoms with E-state index in [1.54, 1.807) is 0 Å². The van der Waals surface area contributed by atoms with Gasteiger partial charge in [0.25, 0.3) is 0 Å². The zero-order valence-electron chi connectivity index (χ0n) is 8.75. The van der Waals surface area contributed by atoms with E-state index in [9.17, 15) is 0 Å². The molecule has 0 amide bonds. The van der Waals surface area contributed by atoms with Crippen LogP contribution in [0.25, 0.3) is 0 Å². The second-order valence-electron chi connectivity index (χ2n) is 4.78. The molecule has 0 radical (unpaired) electrons. The zero-order valence-corrected chi connectivity index (χ0v) is 8.75. The first-order valence-electron chi connectivity index (χ1n) is 5.61. The number of rotatable bonds is 2. The third kappa shape index (κ3) is 1.89. The van der Waals surface area contributed by atoms with Crippen LogP contribution in [0.1, 0.15) is 26.7 Å². The van der Waals surface area contributed by atoms with Crippen molar-refractivity contribution in [2.45, 2.75) is 32.8 Å². The van der Waals surface area contributed by atoms with Gasteiger partial charge in [-0.3, -0.25) is 0 Å². The fraction of sp³-hybridized carbons (Fsp3) is 1.00. The summed E-state index contributed by atoms with van der Waals surface area (Å²) in [5.41, 5.74) is 0. The van der Waals surface area contributed by atoms with Crippen LogP contribution < -0.4 is 5.32 Å². The number of ether oxygens (including phenoxy) is 1. The minimum Gasteiger partial charge on any atom is -0.378 e. The molecule has 0 spiro atoms. The molecule has 76 valence electrons. The Labute approximate surface area is 81.0 Å². The number of hydrogen-bond donors (Lipinski definition) is 1. The van der Waals surface area contributed by atoms with E-state index in [4.69, 9.17) is 4.74 Å². The molecule has 13 heavy (non-hydrogen) atoms. The quantitative estimate of drug-likeness (QED) is 0.703. The predicted molar refractivity (Wildman–Crippen MR) is 53.7 cm³/mol. The molecule has 0 aromatic heterocycles. The molecule has 1 N–H and O–H groups in total. The molecule has 2 heteroatoms. The van der Waals surface area contributed by atoms with Crippen LogP contribution in [0, 0.1) is 17.8 Å². The summed E-state index contributed by atoms with van der Waals surface area (Å²) in [6, 6.07) is 0. The van der Waals surface area contributed by atoms with Gasteiger partial charge in [0.2, 0.25) is 0 Å². The molecule has 0 bridgehead atoms. The topological polar surface area (TPSA) is 21.3 Å². The van der Waals surface area contributed by atoms with Gasteiger partial charge in [0, 0.05) is 19.1 Å². The Kier molecular flexibility index (Phi) is 2.89. The highest BCUT2D eigenvalue weighted by molar-refractivity contribution is 4.89. The van der Waals surface area contributed by atoms with Crippen LogP contribution in [0.5, 0.6) is 0 Å². The van der Waals surface area contributed by atoms with E-state index in [2.05, 4.69) is 19.2 Å². The maximum atomic E-state index is 5.78. The van der Waals surface area contributed by atoms with Crippen LogP contribution in [-0.2, 0) is 4.74 Å². The summed E-state index contributed by atoms with van der Waals surface area (Å²) < 4.78 is 5.78. The maximum absolute atomic E-state index is 5.78. The summed E-state index contributed by atoms with van der Waals surface area (Å²) in [6.07, 6.45) is 3.11. The highest BCUT2D eigenvalue weighted by Gasteiger charge is 2.36.